The van der Waals surface area contributed by atoms with Crippen molar-refractivity contribution in [2.45, 2.75) is 58.7 Å². The summed E-state index contributed by atoms with van der Waals surface area (Å²) >= 11 is 0. The van der Waals surface area contributed by atoms with Crippen molar-refractivity contribution in [2.24, 2.45) is 0 Å². The van der Waals surface area contributed by atoms with E-state index in [1.54, 1.807) is 4.90 Å². The fourth-order valence-electron chi connectivity index (χ4n) is 2.27. The van der Waals surface area contributed by atoms with Gasteiger partial charge in [-0.1, -0.05) is 13.8 Å². The van der Waals surface area contributed by atoms with Gasteiger partial charge in [-0.25, -0.2) is 0 Å². The molecular formula is C13H25N3O2. The minimum atomic E-state index is -0.281. The molecule has 5 heteroatoms. The summed E-state index contributed by atoms with van der Waals surface area (Å²) < 4.78 is 0. The summed E-state index contributed by atoms with van der Waals surface area (Å²) in [6.45, 7) is 9.39. The summed E-state index contributed by atoms with van der Waals surface area (Å²) in [6.07, 6.45) is 1.13. The molecule has 1 fully saturated rings. The third-order valence-corrected chi connectivity index (χ3v) is 3.09. The molecule has 0 aromatic rings. The van der Waals surface area contributed by atoms with Gasteiger partial charge in [0.25, 0.3) is 0 Å². The first kappa shape index (κ1) is 15.0. The van der Waals surface area contributed by atoms with Gasteiger partial charge in [-0.15, -0.1) is 0 Å². The van der Waals surface area contributed by atoms with E-state index in [1.165, 1.54) is 0 Å². The van der Waals surface area contributed by atoms with Crippen LogP contribution in [0.3, 0.4) is 0 Å². The molecule has 0 unspecified atom stereocenters. The second kappa shape index (κ2) is 6.73. The lowest BCUT2D eigenvalue weighted by Crippen LogP contribution is -2.48. The zero-order chi connectivity index (χ0) is 13.7. The van der Waals surface area contributed by atoms with Crippen LogP contribution in [0.5, 0.6) is 0 Å². The van der Waals surface area contributed by atoms with Gasteiger partial charge in [0, 0.05) is 31.6 Å². The molecule has 0 bridgehead atoms. The van der Waals surface area contributed by atoms with Crippen molar-refractivity contribution in [3.63, 3.8) is 0 Å². The van der Waals surface area contributed by atoms with Crippen LogP contribution in [0.1, 0.15) is 40.5 Å². The maximum atomic E-state index is 12.0. The smallest absolute Gasteiger partial charge is 0.242 e. The molecule has 1 aliphatic rings. The Kier molecular flexibility index (Phi) is 5.59. The van der Waals surface area contributed by atoms with Crippen molar-refractivity contribution >= 4 is 11.8 Å². The molecule has 0 radical (unpaired) electrons. The highest BCUT2D eigenvalue weighted by atomic mass is 16.2. The summed E-state index contributed by atoms with van der Waals surface area (Å²) in [5, 5.41) is 6.13. The molecule has 1 rings (SSSR count). The molecule has 1 saturated heterocycles. The highest BCUT2D eigenvalue weighted by Gasteiger charge is 2.37. The number of likely N-dealkylation sites (tertiary alicyclic amines) is 1. The van der Waals surface area contributed by atoms with Gasteiger partial charge in [-0.3, -0.25) is 9.59 Å². The standard InChI is InChI=1S/C13H25N3O2/c1-9(2)14-7-8-15-13(18)11-5-6-12(17)16(11)10(3)4/h9-11,14H,5-8H2,1-4H3,(H,15,18)/t11-/m0/s1. The fraction of sp³-hybridized carbons (Fsp3) is 0.846. The van der Waals surface area contributed by atoms with Crippen LogP contribution in [-0.4, -0.2) is 47.9 Å². The molecule has 0 spiro atoms. The van der Waals surface area contributed by atoms with Gasteiger partial charge >= 0.3 is 0 Å². The van der Waals surface area contributed by atoms with Crippen LogP contribution in [-0.2, 0) is 9.59 Å². The average molecular weight is 255 g/mol. The number of carbonyl (C=O) groups is 2. The van der Waals surface area contributed by atoms with Crippen LogP contribution in [0.15, 0.2) is 0 Å². The summed E-state index contributed by atoms with van der Waals surface area (Å²) in [7, 11) is 0. The van der Waals surface area contributed by atoms with Crippen LogP contribution >= 0.6 is 0 Å². The van der Waals surface area contributed by atoms with Crippen LogP contribution in [0.4, 0.5) is 0 Å². The van der Waals surface area contributed by atoms with E-state index in [4.69, 9.17) is 0 Å². The Morgan fingerprint density at radius 1 is 1.33 bits per heavy atom. The number of amides is 2. The Hall–Kier alpha value is -1.10. The fourth-order valence-corrected chi connectivity index (χ4v) is 2.27. The maximum Gasteiger partial charge on any atom is 0.242 e. The molecule has 1 heterocycles. The minimum absolute atomic E-state index is 0.0277. The van der Waals surface area contributed by atoms with E-state index in [1.807, 2.05) is 13.8 Å². The van der Waals surface area contributed by atoms with Crippen molar-refractivity contribution in [3.8, 4) is 0 Å². The molecule has 104 valence electrons. The third-order valence-electron chi connectivity index (χ3n) is 3.09. The Morgan fingerprint density at radius 3 is 2.56 bits per heavy atom. The molecule has 1 atom stereocenters. The van der Waals surface area contributed by atoms with Gasteiger partial charge in [-0.05, 0) is 20.3 Å². The molecule has 2 N–H and O–H groups in total. The molecular weight excluding hydrogens is 230 g/mol. The number of hydrogen-bond acceptors (Lipinski definition) is 3. The Bertz CT molecular complexity index is 303. The van der Waals surface area contributed by atoms with Crippen LogP contribution < -0.4 is 10.6 Å². The van der Waals surface area contributed by atoms with Gasteiger partial charge in [0.1, 0.15) is 6.04 Å². The SMILES string of the molecule is CC(C)NCCNC(=O)[C@@H]1CCC(=O)N1C(C)C. The van der Waals surface area contributed by atoms with Crippen LogP contribution in [0, 0.1) is 0 Å². The van der Waals surface area contributed by atoms with E-state index in [-0.39, 0.29) is 23.9 Å². The number of nitrogens with zero attached hydrogens (tertiary/aromatic N) is 1. The van der Waals surface area contributed by atoms with E-state index in [9.17, 15) is 9.59 Å². The molecule has 2 amide bonds. The van der Waals surface area contributed by atoms with E-state index >= 15 is 0 Å². The predicted octanol–water partition coefficient (Wildman–Crippen LogP) is 0.500. The van der Waals surface area contributed by atoms with Crippen molar-refractivity contribution in [1.29, 1.82) is 0 Å². The number of hydrogen-bond donors (Lipinski definition) is 2. The van der Waals surface area contributed by atoms with Crippen molar-refractivity contribution in [3.05, 3.63) is 0 Å². The van der Waals surface area contributed by atoms with Crippen LogP contribution in [0.25, 0.3) is 0 Å². The summed E-state index contributed by atoms with van der Waals surface area (Å²) in [5.41, 5.74) is 0. The molecule has 0 aliphatic carbocycles. The second-order valence-corrected chi connectivity index (χ2v) is 5.35. The normalized spacial score (nSPS) is 20.0. The van der Waals surface area contributed by atoms with Crippen molar-refractivity contribution in [2.75, 3.05) is 13.1 Å². The Labute approximate surface area is 109 Å². The predicted molar refractivity (Wildman–Crippen MR) is 71.2 cm³/mol. The lowest BCUT2D eigenvalue weighted by Gasteiger charge is -2.27. The van der Waals surface area contributed by atoms with Crippen molar-refractivity contribution < 1.29 is 9.59 Å². The second-order valence-electron chi connectivity index (χ2n) is 5.35. The molecule has 0 aromatic heterocycles. The average Bonchev–Trinajstić information content (AvgIpc) is 2.66. The van der Waals surface area contributed by atoms with Gasteiger partial charge in [0.2, 0.25) is 11.8 Å². The zero-order valence-corrected chi connectivity index (χ0v) is 11.8. The Balaban J connectivity index is 2.39. The molecule has 1 aliphatic heterocycles. The van der Waals surface area contributed by atoms with E-state index in [0.29, 0.717) is 25.4 Å². The minimum Gasteiger partial charge on any atom is -0.353 e. The number of rotatable bonds is 6. The first-order valence-electron chi connectivity index (χ1n) is 6.75. The lowest BCUT2D eigenvalue weighted by atomic mass is 10.2. The van der Waals surface area contributed by atoms with Crippen LogP contribution in [0.2, 0.25) is 0 Å². The molecule has 18 heavy (non-hydrogen) atoms. The monoisotopic (exact) mass is 255 g/mol. The summed E-state index contributed by atoms with van der Waals surface area (Å²) in [6, 6.07) is 0.225. The highest BCUT2D eigenvalue weighted by molar-refractivity contribution is 5.91. The number of carbonyl (C=O) groups excluding carboxylic acids is 2. The zero-order valence-electron chi connectivity index (χ0n) is 11.8. The Morgan fingerprint density at radius 2 is 2.00 bits per heavy atom. The van der Waals surface area contributed by atoms with E-state index in [2.05, 4.69) is 24.5 Å². The first-order valence-corrected chi connectivity index (χ1v) is 6.75. The van der Waals surface area contributed by atoms with Gasteiger partial charge in [0.05, 0.1) is 0 Å². The van der Waals surface area contributed by atoms with Gasteiger partial charge < -0.3 is 15.5 Å². The highest BCUT2D eigenvalue weighted by Crippen LogP contribution is 2.21. The van der Waals surface area contributed by atoms with Crippen molar-refractivity contribution in [1.82, 2.24) is 15.5 Å². The van der Waals surface area contributed by atoms with Gasteiger partial charge in [0.15, 0.2) is 0 Å². The lowest BCUT2D eigenvalue weighted by molar-refractivity contribution is -0.136. The summed E-state index contributed by atoms with van der Waals surface area (Å²) in [5.74, 6) is 0.0607. The summed E-state index contributed by atoms with van der Waals surface area (Å²) in [4.78, 5) is 25.4. The third kappa shape index (κ3) is 3.98. The van der Waals surface area contributed by atoms with Gasteiger partial charge in [-0.2, -0.15) is 0 Å². The number of nitrogens with one attached hydrogen (secondary N) is 2. The first-order chi connectivity index (χ1) is 8.43. The van der Waals surface area contributed by atoms with E-state index < -0.39 is 0 Å². The maximum absolute atomic E-state index is 12.0. The topological polar surface area (TPSA) is 61.4 Å². The largest absolute Gasteiger partial charge is 0.353 e. The molecule has 0 aromatic carbocycles. The quantitative estimate of drug-likeness (QED) is 0.679. The molecule has 0 saturated carbocycles. The van der Waals surface area contributed by atoms with E-state index in [0.717, 1.165) is 6.54 Å². The molecule has 5 nitrogen and oxygen atoms in total.